The van der Waals surface area contributed by atoms with Crippen molar-refractivity contribution in [2.75, 3.05) is 0 Å². The van der Waals surface area contributed by atoms with Gasteiger partial charge in [0.2, 0.25) is 0 Å². The zero-order valence-corrected chi connectivity index (χ0v) is 14.5. The number of carbonyl (C=O) groups is 1. The summed E-state index contributed by atoms with van der Waals surface area (Å²) in [5.74, 6) is -0.735. The Morgan fingerprint density at radius 2 is 1.84 bits per heavy atom. The Labute approximate surface area is 145 Å². The molecule has 0 unspecified atom stereocenters. The lowest BCUT2D eigenvalue weighted by Gasteiger charge is -2.09. The first-order valence-corrected chi connectivity index (χ1v) is 8.96. The summed E-state index contributed by atoms with van der Waals surface area (Å²) in [6.45, 7) is 3.65. The Morgan fingerprint density at radius 1 is 1.08 bits per heavy atom. The Balaban J connectivity index is 1.91. The van der Waals surface area contributed by atoms with Crippen molar-refractivity contribution in [1.29, 1.82) is 0 Å². The zero-order chi connectivity index (χ0) is 18.0. The number of pyridine rings is 1. The average Bonchev–Trinajstić information content (AvgIpc) is 2.97. The first-order valence-electron chi connectivity index (χ1n) is 7.48. The number of aromatic nitrogens is 3. The molecule has 0 spiro atoms. The van der Waals surface area contributed by atoms with Crippen LogP contribution >= 0.6 is 0 Å². The number of para-hydroxylation sites is 1. The van der Waals surface area contributed by atoms with E-state index in [-0.39, 0.29) is 10.5 Å². The third kappa shape index (κ3) is 3.29. The van der Waals surface area contributed by atoms with Gasteiger partial charge in [0.25, 0.3) is 15.9 Å². The fraction of sp³-hybridized carbons (Fsp3) is 0.118. The van der Waals surface area contributed by atoms with E-state index in [1.54, 1.807) is 11.6 Å². The van der Waals surface area contributed by atoms with Gasteiger partial charge in [0, 0.05) is 12.4 Å². The molecule has 0 radical (unpaired) electrons. The molecule has 7 nitrogen and oxygen atoms in total. The summed E-state index contributed by atoms with van der Waals surface area (Å²) in [4.78, 5) is 16.1. The van der Waals surface area contributed by atoms with Gasteiger partial charge in [-0.15, -0.1) is 0 Å². The summed E-state index contributed by atoms with van der Waals surface area (Å²) in [5, 5.41) is 4.22. The van der Waals surface area contributed by atoms with Gasteiger partial charge in [-0.2, -0.15) is 5.10 Å². The highest BCUT2D eigenvalue weighted by Gasteiger charge is 2.22. The van der Waals surface area contributed by atoms with Gasteiger partial charge >= 0.3 is 0 Å². The molecule has 1 amide bonds. The van der Waals surface area contributed by atoms with E-state index in [9.17, 15) is 13.2 Å². The number of hydrogen-bond donors (Lipinski definition) is 1. The van der Waals surface area contributed by atoms with Crippen LogP contribution in [0.4, 0.5) is 0 Å². The van der Waals surface area contributed by atoms with Gasteiger partial charge < -0.3 is 0 Å². The SMILES string of the molecule is Cc1ccccc1-n1ncc(C(=O)NS(=O)(=O)c2cccnc2)c1C. The summed E-state index contributed by atoms with van der Waals surface area (Å²) in [7, 11) is -3.99. The van der Waals surface area contributed by atoms with Crippen molar-refractivity contribution in [3.05, 3.63) is 71.8 Å². The third-order valence-electron chi connectivity index (χ3n) is 3.77. The van der Waals surface area contributed by atoms with E-state index < -0.39 is 15.9 Å². The highest BCUT2D eigenvalue weighted by molar-refractivity contribution is 7.90. The van der Waals surface area contributed by atoms with Crippen LogP contribution in [0.5, 0.6) is 0 Å². The maximum atomic E-state index is 12.4. The molecule has 2 aromatic heterocycles. The molecule has 0 fully saturated rings. The average molecular weight is 356 g/mol. The van der Waals surface area contributed by atoms with Gasteiger partial charge in [-0.1, -0.05) is 18.2 Å². The molecule has 2 heterocycles. The van der Waals surface area contributed by atoms with Crippen molar-refractivity contribution >= 4 is 15.9 Å². The molecule has 0 atom stereocenters. The van der Waals surface area contributed by atoms with Crippen LogP contribution in [0.2, 0.25) is 0 Å². The number of aryl methyl sites for hydroxylation is 1. The number of carbonyl (C=O) groups excluding carboxylic acids is 1. The zero-order valence-electron chi connectivity index (χ0n) is 13.7. The smallest absolute Gasteiger partial charge is 0.268 e. The van der Waals surface area contributed by atoms with E-state index >= 15 is 0 Å². The standard InChI is InChI=1S/C17H16N4O3S/c1-12-6-3-4-8-16(12)21-13(2)15(11-19-21)17(22)20-25(23,24)14-7-5-9-18-10-14/h3-11H,1-2H3,(H,20,22). The molecule has 128 valence electrons. The number of nitrogens with zero attached hydrogens (tertiary/aromatic N) is 3. The number of sulfonamides is 1. The van der Waals surface area contributed by atoms with Crippen LogP contribution in [-0.2, 0) is 10.0 Å². The minimum absolute atomic E-state index is 0.0766. The summed E-state index contributed by atoms with van der Waals surface area (Å²) in [5.41, 5.74) is 2.56. The molecule has 1 aromatic carbocycles. The molecule has 0 aliphatic rings. The first-order chi connectivity index (χ1) is 11.9. The quantitative estimate of drug-likeness (QED) is 0.772. The molecule has 25 heavy (non-hydrogen) atoms. The van der Waals surface area contributed by atoms with Crippen LogP contribution in [0.15, 0.2) is 59.9 Å². The van der Waals surface area contributed by atoms with Crippen LogP contribution in [0, 0.1) is 13.8 Å². The molecular formula is C17H16N4O3S. The van der Waals surface area contributed by atoms with Crippen LogP contribution in [0.25, 0.3) is 5.69 Å². The molecule has 0 saturated heterocycles. The minimum atomic E-state index is -3.99. The van der Waals surface area contributed by atoms with E-state index in [0.717, 1.165) is 11.3 Å². The van der Waals surface area contributed by atoms with Crippen LogP contribution in [0.1, 0.15) is 21.6 Å². The van der Waals surface area contributed by atoms with Gasteiger partial charge in [0.15, 0.2) is 0 Å². The Morgan fingerprint density at radius 3 is 2.52 bits per heavy atom. The Hall–Kier alpha value is -3.00. The van der Waals surface area contributed by atoms with Crippen molar-refractivity contribution in [1.82, 2.24) is 19.5 Å². The van der Waals surface area contributed by atoms with E-state index in [2.05, 4.69) is 10.1 Å². The monoisotopic (exact) mass is 356 g/mol. The fourth-order valence-corrected chi connectivity index (χ4v) is 3.35. The van der Waals surface area contributed by atoms with Crippen LogP contribution in [0.3, 0.4) is 0 Å². The van der Waals surface area contributed by atoms with Gasteiger partial charge in [-0.3, -0.25) is 9.78 Å². The molecule has 8 heteroatoms. The summed E-state index contributed by atoms with van der Waals surface area (Å²) in [6, 6.07) is 10.4. The van der Waals surface area contributed by atoms with Crippen molar-refractivity contribution in [2.45, 2.75) is 18.7 Å². The number of amides is 1. The predicted octanol–water partition coefficient (Wildman–Crippen LogP) is 2.00. The summed E-state index contributed by atoms with van der Waals surface area (Å²) in [6.07, 6.45) is 3.99. The van der Waals surface area contributed by atoms with E-state index in [1.807, 2.05) is 35.9 Å². The highest BCUT2D eigenvalue weighted by atomic mass is 32.2. The second kappa shape index (κ2) is 6.48. The van der Waals surface area contributed by atoms with Gasteiger partial charge in [0.05, 0.1) is 23.1 Å². The summed E-state index contributed by atoms with van der Waals surface area (Å²) < 4.78 is 28.2. The molecule has 3 rings (SSSR count). The maximum Gasteiger partial charge on any atom is 0.268 e. The molecule has 3 aromatic rings. The lowest BCUT2D eigenvalue weighted by molar-refractivity contribution is 0.0981. The number of rotatable bonds is 4. The van der Waals surface area contributed by atoms with Gasteiger partial charge in [0.1, 0.15) is 4.90 Å². The van der Waals surface area contributed by atoms with Crippen LogP contribution in [-0.4, -0.2) is 29.1 Å². The molecular weight excluding hydrogens is 340 g/mol. The lowest BCUT2D eigenvalue weighted by Crippen LogP contribution is -2.31. The van der Waals surface area contributed by atoms with E-state index in [1.165, 1.54) is 30.7 Å². The molecule has 0 aliphatic carbocycles. The second-order valence-electron chi connectivity index (χ2n) is 5.47. The van der Waals surface area contributed by atoms with Crippen molar-refractivity contribution in [3.63, 3.8) is 0 Å². The van der Waals surface area contributed by atoms with Gasteiger partial charge in [-0.25, -0.2) is 17.8 Å². The Bertz CT molecular complexity index is 1030. The number of nitrogens with one attached hydrogen (secondary N) is 1. The maximum absolute atomic E-state index is 12.4. The van der Waals surface area contributed by atoms with Crippen LogP contribution < -0.4 is 4.72 Å². The normalized spacial score (nSPS) is 11.3. The topological polar surface area (TPSA) is 94.0 Å². The van der Waals surface area contributed by atoms with Crippen molar-refractivity contribution in [3.8, 4) is 5.69 Å². The second-order valence-corrected chi connectivity index (χ2v) is 7.15. The number of hydrogen-bond acceptors (Lipinski definition) is 5. The Kier molecular flexibility index (Phi) is 4.37. The first kappa shape index (κ1) is 16.8. The molecule has 0 saturated carbocycles. The van der Waals surface area contributed by atoms with Gasteiger partial charge in [-0.05, 0) is 37.6 Å². The molecule has 0 bridgehead atoms. The summed E-state index contributed by atoms with van der Waals surface area (Å²) >= 11 is 0. The highest BCUT2D eigenvalue weighted by Crippen LogP contribution is 2.18. The largest absolute Gasteiger partial charge is 0.268 e. The van der Waals surface area contributed by atoms with Crippen molar-refractivity contribution in [2.24, 2.45) is 0 Å². The number of benzene rings is 1. The fourth-order valence-electron chi connectivity index (χ4n) is 2.42. The molecule has 0 aliphatic heterocycles. The lowest BCUT2D eigenvalue weighted by atomic mass is 10.2. The molecule has 1 N–H and O–H groups in total. The van der Waals surface area contributed by atoms with E-state index in [4.69, 9.17) is 0 Å². The minimum Gasteiger partial charge on any atom is -0.268 e. The third-order valence-corrected chi connectivity index (χ3v) is 5.09. The predicted molar refractivity (Wildman–Crippen MR) is 91.9 cm³/mol. The van der Waals surface area contributed by atoms with Crippen molar-refractivity contribution < 1.29 is 13.2 Å². The van der Waals surface area contributed by atoms with E-state index in [0.29, 0.717) is 5.69 Å².